The number of hydrogen-bond donors (Lipinski definition) is 5. The second-order valence-corrected chi connectivity index (χ2v) is 23.3. The summed E-state index contributed by atoms with van der Waals surface area (Å²) in [4.78, 5) is 73.3. The second-order valence-electron chi connectivity index (χ2n) is 18.6. The van der Waals surface area contributed by atoms with Gasteiger partial charge in [0.15, 0.2) is 0 Å². The number of carbonyl (C=O) groups excluding carboxylic acids is 5. The van der Waals surface area contributed by atoms with E-state index in [4.69, 9.17) is 38.0 Å². The fraction of sp³-hybridized carbons (Fsp3) is 0.689. The van der Waals surface area contributed by atoms with E-state index >= 15 is 0 Å². The Morgan fingerprint density at radius 1 is 0.703 bits per heavy atom. The first kappa shape index (κ1) is 57.3. The first-order valence-corrected chi connectivity index (χ1v) is 24.5. The third-order valence-electron chi connectivity index (χ3n) is 9.17. The second kappa shape index (κ2) is 28.2. The van der Waals surface area contributed by atoms with Crippen LogP contribution >= 0.6 is 0 Å². The molecule has 0 aliphatic rings. The molecule has 1 aromatic carbocycles. The Hall–Kier alpha value is -4.74. The first-order chi connectivity index (χ1) is 29.7. The van der Waals surface area contributed by atoms with Gasteiger partial charge in [-0.1, -0.05) is 33.8 Å². The van der Waals surface area contributed by atoms with Crippen molar-refractivity contribution >= 4 is 49.8 Å². The summed E-state index contributed by atoms with van der Waals surface area (Å²) in [5.74, 6) is 1.46. The SMILES string of the molecule is CC(CC(Cc1ccc(O[Si](C)(C)C(C)(C)C)c(NC(=O)CCOCCOCCNC(=O)C#CC(=O)NCCOCCOCCC(=O)O)c1)NC(=O)OC(C)(C)C)C(=O)OC(C)(C)C. The van der Waals surface area contributed by atoms with Gasteiger partial charge in [0.2, 0.25) is 5.91 Å². The molecule has 64 heavy (non-hydrogen) atoms. The van der Waals surface area contributed by atoms with Gasteiger partial charge in [-0.05, 0) is 90.2 Å². The number of anilines is 1. The van der Waals surface area contributed by atoms with Gasteiger partial charge in [-0.3, -0.25) is 24.0 Å². The number of ether oxygens (including phenoxy) is 6. The quantitative estimate of drug-likeness (QED) is 0.0339. The molecule has 0 saturated heterocycles. The van der Waals surface area contributed by atoms with Crippen LogP contribution in [0.5, 0.6) is 5.75 Å². The number of amides is 4. The topological polar surface area (TPSA) is 235 Å². The highest BCUT2D eigenvalue weighted by Gasteiger charge is 2.39. The van der Waals surface area contributed by atoms with E-state index in [9.17, 15) is 28.8 Å². The summed E-state index contributed by atoms with van der Waals surface area (Å²) in [7, 11) is -2.33. The van der Waals surface area contributed by atoms with Crippen molar-refractivity contribution in [2.24, 2.45) is 5.92 Å². The Morgan fingerprint density at radius 3 is 1.69 bits per heavy atom. The molecule has 0 bridgehead atoms. The number of carbonyl (C=O) groups is 6. The van der Waals surface area contributed by atoms with Crippen LogP contribution in [-0.2, 0) is 58.8 Å². The van der Waals surface area contributed by atoms with Gasteiger partial charge in [0, 0.05) is 31.0 Å². The lowest BCUT2D eigenvalue weighted by Gasteiger charge is -2.37. The van der Waals surface area contributed by atoms with Crippen molar-refractivity contribution in [3.05, 3.63) is 23.8 Å². The lowest BCUT2D eigenvalue weighted by molar-refractivity contribution is -0.159. The van der Waals surface area contributed by atoms with Crippen molar-refractivity contribution in [3.63, 3.8) is 0 Å². The maximum Gasteiger partial charge on any atom is 0.407 e. The average molecular weight is 923 g/mol. The van der Waals surface area contributed by atoms with Crippen LogP contribution in [0.15, 0.2) is 18.2 Å². The van der Waals surface area contributed by atoms with Crippen molar-refractivity contribution in [3.8, 4) is 17.6 Å². The minimum atomic E-state index is -2.33. The van der Waals surface area contributed by atoms with Gasteiger partial charge < -0.3 is 59.2 Å². The largest absolute Gasteiger partial charge is 0.542 e. The molecule has 0 fully saturated rings. The monoisotopic (exact) mass is 922 g/mol. The smallest absolute Gasteiger partial charge is 0.407 e. The number of carboxylic acid groups (broad SMARTS) is 1. The van der Waals surface area contributed by atoms with Crippen LogP contribution in [0, 0.1) is 17.8 Å². The summed E-state index contributed by atoms with van der Waals surface area (Å²) < 4.78 is 39.2. The lowest BCUT2D eigenvalue weighted by Crippen LogP contribution is -2.44. The molecular weight excluding hydrogens is 849 g/mol. The zero-order valence-electron chi connectivity index (χ0n) is 40.0. The number of aliphatic carboxylic acids is 1. The van der Waals surface area contributed by atoms with Crippen molar-refractivity contribution in [2.75, 3.05) is 71.3 Å². The first-order valence-electron chi connectivity index (χ1n) is 21.6. The van der Waals surface area contributed by atoms with Crippen LogP contribution in [0.1, 0.15) is 94.1 Å². The van der Waals surface area contributed by atoms with Crippen LogP contribution in [0.3, 0.4) is 0 Å². The summed E-state index contributed by atoms with van der Waals surface area (Å²) in [5, 5.41) is 19.4. The zero-order valence-corrected chi connectivity index (χ0v) is 41.0. The molecule has 1 rings (SSSR count). The highest BCUT2D eigenvalue weighted by Crippen LogP contribution is 2.40. The van der Waals surface area contributed by atoms with E-state index in [1.54, 1.807) is 48.5 Å². The average Bonchev–Trinajstić information content (AvgIpc) is 3.14. The van der Waals surface area contributed by atoms with Gasteiger partial charge in [-0.2, -0.15) is 0 Å². The molecule has 0 heterocycles. The summed E-state index contributed by atoms with van der Waals surface area (Å²) in [6.07, 6.45) is -0.0570. The van der Waals surface area contributed by atoms with Crippen molar-refractivity contribution in [1.82, 2.24) is 16.0 Å². The molecular formula is C45H74N4O14Si. The molecule has 19 heteroatoms. The summed E-state index contributed by atoms with van der Waals surface area (Å²) in [6.45, 7) is 24.8. The number of esters is 1. The van der Waals surface area contributed by atoms with Crippen molar-refractivity contribution < 1.29 is 66.7 Å². The third-order valence-corrected chi connectivity index (χ3v) is 13.5. The molecule has 362 valence electrons. The van der Waals surface area contributed by atoms with Gasteiger partial charge in [-0.15, -0.1) is 0 Å². The van der Waals surface area contributed by atoms with E-state index in [0.717, 1.165) is 5.56 Å². The Labute approximate surface area is 380 Å². The van der Waals surface area contributed by atoms with Gasteiger partial charge in [0.1, 0.15) is 17.0 Å². The summed E-state index contributed by atoms with van der Waals surface area (Å²) in [6, 6.07) is 5.02. The van der Waals surface area contributed by atoms with E-state index in [1.807, 2.05) is 18.2 Å². The van der Waals surface area contributed by atoms with Gasteiger partial charge in [0.25, 0.3) is 20.1 Å². The van der Waals surface area contributed by atoms with Gasteiger partial charge >= 0.3 is 18.0 Å². The number of rotatable bonds is 27. The molecule has 4 amide bonds. The van der Waals surface area contributed by atoms with Crippen LogP contribution < -0.4 is 25.7 Å². The number of hydrogen-bond acceptors (Lipinski definition) is 13. The highest BCUT2D eigenvalue weighted by molar-refractivity contribution is 6.74. The Morgan fingerprint density at radius 2 is 1.20 bits per heavy atom. The van der Waals surface area contributed by atoms with Gasteiger partial charge in [0.05, 0.1) is 77.3 Å². The van der Waals surface area contributed by atoms with Gasteiger partial charge in [-0.25, -0.2) is 4.79 Å². The third kappa shape index (κ3) is 27.4. The molecule has 0 aliphatic carbocycles. The molecule has 0 radical (unpaired) electrons. The van der Waals surface area contributed by atoms with Crippen LogP contribution in [0.2, 0.25) is 18.1 Å². The van der Waals surface area contributed by atoms with Crippen molar-refractivity contribution in [1.29, 1.82) is 0 Å². The summed E-state index contributed by atoms with van der Waals surface area (Å²) >= 11 is 0. The molecule has 2 atom stereocenters. The normalized spacial score (nSPS) is 12.8. The minimum absolute atomic E-state index is 0.0421. The van der Waals surface area contributed by atoms with E-state index < -0.39 is 55.4 Å². The van der Waals surface area contributed by atoms with Crippen LogP contribution in [0.25, 0.3) is 0 Å². The van der Waals surface area contributed by atoms with E-state index in [-0.39, 0.29) is 102 Å². The number of alkyl carbamates (subject to hydrolysis) is 1. The molecule has 0 aliphatic heterocycles. The molecule has 18 nitrogen and oxygen atoms in total. The molecule has 0 spiro atoms. The molecule has 1 aromatic rings. The standard InChI is InChI=1S/C45H74N4O14Si/c1-32(41(55)61-43(2,3)4)29-34(48-42(56)62-44(5,6)7)30-33-13-14-36(63-64(11,12)45(8,9)10)35(31-33)49-39(52)17-21-57-25-27-59-23-19-46-37(50)15-16-38(51)47-20-24-60-28-26-58-22-18-40(53)54/h13-14,31-32,34H,17-30H2,1-12H3,(H,46,50)(H,47,51)(H,48,56)(H,49,52)(H,53,54). The Balaban J connectivity index is 2.72. The number of carboxylic acids is 1. The number of benzene rings is 1. The Kier molecular flexibility index (Phi) is 25.3. The fourth-order valence-corrected chi connectivity index (χ4v) is 6.09. The molecule has 2 unspecified atom stereocenters. The minimum Gasteiger partial charge on any atom is -0.542 e. The predicted molar refractivity (Wildman–Crippen MR) is 243 cm³/mol. The van der Waals surface area contributed by atoms with E-state index in [1.165, 1.54) is 0 Å². The maximum absolute atomic E-state index is 13.3. The fourth-order valence-electron chi connectivity index (χ4n) is 5.05. The molecule has 0 aromatic heterocycles. The lowest BCUT2D eigenvalue weighted by atomic mass is 9.95. The highest BCUT2D eigenvalue weighted by atomic mass is 28.4. The number of nitrogens with one attached hydrogen (secondary N) is 4. The Bertz CT molecular complexity index is 1720. The van der Waals surface area contributed by atoms with E-state index in [0.29, 0.717) is 17.9 Å². The van der Waals surface area contributed by atoms with Crippen LogP contribution in [-0.4, -0.2) is 132 Å². The van der Waals surface area contributed by atoms with Crippen LogP contribution in [0.4, 0.5) is 10.5 Å². The maximum atomic E-state index is 13.3. The van der Waals surface area contributed by atoms with E-state index in [2.05, 4.69) is 67.0 Å². The zero-order chi connectivity index (χ0) is 48.6. The summed E-state index contributed by atoms with van der Waals surface area (Å²) in [5.41, 5.74) is -0.142. The predicted octanol–water partition coefficient (Wildman–Crippen LogP) is 4.98. The van der Waals surface area contributed by atoms with Crippen molar-refractivity contribution in [2.45, 2.75) is 130 Å². The molecule has 5 N–H and O–H groups in total. The molecule has 0 saturated carbocycles.